The number of ether oxygens (including phenoxy) is 2. The van der Waals surface area contributed by atoms with Gasteiger partial charge in [0, 0.05) is 11.6 Å². The first-order valence-electron chi connectivity index (χ1n) is 8.04. The van der Waals surface area contributed by atoms with E-state index < -0.39 is 17.3 Å². The predicted octanol–water partition coefficient (Wildman–Crippen LogP) is 1.69. The van der Waals surface area contributed by atoms with Crippen LogP contribution < -0.4 is 20.3 Å². The third-order valence-electron chi connectivity index (χ3n) is 3.98. The molecule has 28 heavy (non-hydrogen) atoms. The molecular weight excluding hydrogens is 370 g/mol. The number of methoxy groups -OCH3 is 2. The lowest BCUT2D eigenvalue weighted by atomic mass is 10.1. The van der Waals surface area contributed by atoms with E-state index in [2.05, 4.69) is 0 Å². The summed E-state index contributed by atoms with van der Waals surface area (Å²) in [5.74, 6) is 5.48. The fraction of sp³-hybridized carbons (Fsp3) is 0.222. The zero-order chi connectivity index (χ0) is 20.8. The van der Waals surface area contributed by atoms with Gasteiger partial charge in [-0.15, -0.1) is 0 Å². The molecule has 1 amide bonds. The number of carbonyl (C=O) groups is 2. The summed E-state index contributed by atoms with van der Waals surface area (Å²) >= 11 is 0. The number of aliphatic carboxylic acids is 1. The molecule has 0 radical (unpaired) electrons. The Morgan fingerprint density at radius 1 is 1.21 bits per heavy atom. The van der Waals surface area contributed by atoms with Gasteiger partial charge in [-0.25, -0.2) is 10.9 Å². The van der Waals surface area contributed by atoms with Gasteiger partial charge in [0.05, 0.1) is 37.7 Å². The predicted molar refractivity (Wildman–Crippen MR) is 99.4 cm³/mol. The zero-order valence-corrected chi connectivity index (χ0v) is 15.2. The summed E-state index contributed by atoms with van der Waals surface area (Å²) in [7, 11) is 3.00. The number of carboxylic acid groups (broad SMARTS) is 1. The van der Waals surface area contributed by atoms with Gasteiger partial charge in [-0.2, -0.15) is 0 Å². The second-order valence-electron chi connectivity index (χ2n) is 5.76. The highest BCUT2D eigenvalue weighted by Gasteiger charge is 2.24. The molecule has 1 aliphatic rings. The van der Waals surface area contributed by atoms with Crippen LogP contribution in [0.25, 0.3) is 0 Å². The normalized spacial score (nSPS) is 12.0. The van der Waals surface area contributed by atoms with Crippen LogP contribution in [-0.4, -0.2) is 36.1 Å². The first-order chi connectivity index (χ1) is 13.3. The molecule has 2 aromatic carbocycles. The molecule has 10 heteroatoms. The van der Waals surface area contributed by atoms with Crippen molar-refractivity contribution in [2.75, 3.05) is 19.2 Å². The second-order valence-corrected chi connectivity index (χ2v) is 5.76. The number of nitrogens with zero attached hydrogens (tertiary/aromatic N) is 2. The summed E-state index contributed by atoms with van der Waals surface area (Å²) in [6.45, 7) is 0. The monoisotopic (exact) mass is 389 g/mol. The minimum absolute atomic E-state index is 0.0803. The number of carboxylic acids is 1. The molecule has 3 rings (SSSR count). The van der Waals surface area contributed by atoms with E-state index in [0.717, 1.165) is 17.0 Å². The highest BCUT2D eigenvalue weighted by Crippen LogP contribution is 2.29. The van der Waals surface area contributed by atoms with Crippen LogP contribution >= 0.6 is 0 Å². The summed E-state index contributed by atoms with van der Waals surface area (Å²) < 4.78 is 9.89. The maximum Gasteiger partial charge on any atom is 0.308 e. The Kier molecular flexibility index (Phi) is 6.51. The smallest absolute Gasteiger partial charge is 0.308 e. The lowest BCUT2D eigenvalue weighted by molar-refractivity contribution is -0.385. The average Bonchev–Trinajstić information content (AvgIpc) is 2.94. The van der Waals surface area contributed by atoms with E-state index in [4.69, 9.17) is 20.4 Å². The second kappa shape index (κ2) is 8.82. The van der Waals surface area contributed by atoms with E-state index in [1.807, 2.05) is 6.07 Å². The van der Waals surface area contributed by atoms with E-state index in [1.54, 1.807) is 19.2 Å². The summed E-state index contributed by atoms with van der Waals surface area (Å²) in [5.41, 5.74) is 1.61. The van der Waals surface area contributed by atoms with Gasteiger partial charge in [0.2, 0.25) is 5.91 Å². The van der Waals surface area contributed by atoms with Gasteiger partial charge in [0.25, 0.3) is 5.69 Å². The van der Waals surface area contributed by atoms with Gasteiger partial charge < -0.3 is 14.6 Å². The highest BCUT2D eigenvalue weighted by atomic mass is 16.6. The molecule has 1 aliphatic heterocycles. The number of amides is 1. The third-order valence-corrected chi connectivity index (χ3v) is 3.98. The molecule has 0 aliphatic carbocycles. The first-order valence-corrected chi connectivity index (χ1v) is 8.04. The van der Waals surface area contributed by atoms with Crippen LogP contribution in [0.3, 0.4) is 0 Å². The molecule has 2 aromatic rings. The van der Waals surface area contributed by atoms with Gasteiger partial charge >= 0.3 is 5.97 Å². The Bertz CT molecular complexity index is 914. The SMILES string of the molecule is COc1ccc([N+](=O)[O-])c(CC(=O)O)c1.COc1ccc2c(c1)CC(=O)N2N. The molecule has 10 nitrogen and oxygen atoms in total. The Hall–Kier alpha value is -3.66. The molecule has 0 bridgehead atoms. The fourth-order valence-electron chi connectivity index (χ4n) is 2.62. The summed E-state index contributed by atoms with van der Waals surface area (Å²) in [5, 5.41) is 20.3. The van der Waals surface area contributed by atoms with E-state index >= 15 is 0 Å². The van der Waals surface area contributed by atoms with Crippen molar-refractivity contribution in [1.29, 1.82) is 0 Å². The summed E-state index contributed by atoms with van der Waals surface area (Å²) in [4.78, 5) is 31.6. The maximum absolute atomic E-state index is 11.2. The van der Waals surface area contributed by atoms with Gasteiger partial charge in [0.1, 0.15) is 11.5 Å². The van der Waals surface area contributed by atoms with Gasteiger partial charge in [-0.1, -0.05) is 0 Å². The number of hydrogen-bond acceptors (Lipinski definition) is 7. The zero-order valence-electron chi connectivity index (χ0n) is 15.2. The van der Waals surface area contributed by atoms with Crippen LogP contribution in [0.5, 0.6) is 11.5 Å². The van der Waals surface area contributed by atoms with Crippen LogP contribution in [-0.2, 0) is 22.4 Å². The van der Waals surface area contributed by atoms with Crippen LogP contribution in [0.15, 0.2) is 36.4 Å². The topological polar surface area (TPSA) is 145 Å². The van der Waals surface area contributed by atoms with Gasteiger partial charge in [-0.05, 0) is 35.9 Å². The van der Waals surface area contributed by atoms with Crippen LogP contribution in [0.4, 0.5) is 11.4 Å². The Labute approximate surface area is 160 Å². The van der Waals surface area contributed by atoms with Crippen LogP contribution in [0.1, 0.15) is 11.1 Å². The summed E-state index contributed by atoms with van der Waals surface area (Å²) in [6, 6.07) is 9.42. The van der Waals surface area contributed by atoms with Crippen molar-refractivity contribution in [3.8, 4) is 11.5 Å². The molecule has 0 unspecified atom stereocenters. The number of fused-ring (bicyclic) bond motifs is 1. The van der Waals surface area contributed by atoms with E-state index in [-0.39, 0.29) is 17.2 Å². The molecule has 0 saturated heterocycles. The maximum atomic E-state index is 11.2. The number of rotatable bonds is 5. The standard InChI is InChI=1S/C9H10N2O2.C9H9NO5/c1-13-7-2-3-8-6(4-7)5-9(12)11(8)10;1-15-7-2-3-8(10(13)14)6(4-7)5-9(11)12/h2-4H,5,10H2,1H3;2-4H,5H2,1H3,(H,11,12). The molecule has 0 spiro atoms. The van der Waals surface area contributed by atoms with Crippen LogP contribution in [0.2, 0.25) is 0 Å². The number of benzene rings is 2. The number of nitro groups is 1. The molecule has 0 fully saturated rings. The van der Waals surface area contributed by atoms with E-state index in [9.17, 15) is 19.7 Å². The number of hydrazine groups is 1. The number of anilines is 1. The molecule has 1 heterocycles. The van der Waals surface area contributed by atoms with E-state index in [0.29, 0.717) is 12.2 Å². The van der Waals surface area contributed by atoms with Crippen LogP contribution in [0, 0.1) is 10.1 Å². The molecule has 3 N–H and O–H groups in total. The quantitative estimate of drug-likeness (QED) is 0.340. The van der Waals surface area contributed by atoms with Crippen molar-refractivity contribution in [2.45, 2.75) is 12.8 Å². The Morgan fingerprint density at radius 3 is 2.39 bits per heavy atom. The number of nitrogens with two attached hydrogens (primary N) is 1. The highest BCUT2D eigenvalue weighted by molar-refractivity contribution is 6.00. The van der Waals surface area contributed by atoms with Gasteiger partial charge in [0.15, 0.2) is 0 Å². The lowest BCUT2D eigenvalue weighted by Gasteiger charge is -2.09. The van der Waals surface area contributed by atoms with Crippen molar-refractivity contribution < 1.29 is 29.1 Å². The molecule has 0 aromatic heterocycles. The van der Waals surface area contributed by atoms with Crippen molar-refractivity contribution in [1.82, 2.24) is 0 Å². The minimum atomic E-state index is -1.12. The molecular formula is C18H19N3O7. The molecule has 0 atom stereocenters. The number of nitro benzene ring substituents is 1. The lowest BCUT2D eigenvalue weighted by Crippen LogP contribution is -2.33. The van der Waals surface area contributed by atoms with Crippen molar-refractivity contribution in [3.05, 3.63) is 57.6 Å². The number of hydrogen-bond donors (Lipinski definition) is 2. The largest absolute Gasteiger partial charge is 0.497 e. The molecule has 0 saturated carbocycles. The number of carbonyl (C=O) groups excluding carboxylic acids is 1. The van der Waals surface area contributed by atoms with Gasteiger partial charge in [-0.3, -0.25) is 19.7 Å². The Balaban J connectivity index is 0.000000202. The van der Waals surface area contributed by atoms with E-state index in [1.165, 1.54) is 30.3 Å². The fourth-order valence-corrected chi connectivity index (χ4v) is 2.62. The summed E-state index contributed by atoms with van der Waals surface area (Å²) in [6.07, 6.45) is -0.0312. The average molecular weight is 389 g/mol. The van der Waals surface area contributed by atoms with Crippen molar-refractivity contribution in [2.24, 2.45) is 5.84 Å². The minimum Gasteiger partial charge on any atom is -0.497 e. The molecule has 148 valence electrons. The first kappa shape index (κ1) is 20.6. The third kappa shape index (κ3) is 4.74. The van der Waals surface area contributed by atoms with Crippen molar-refractivity contribution in [3.63, 3.8) is 0 Å². The Morgan fingerprint density at radius 2 is 1.82 bits per heavy atom. The van der Waals surface area contributed by atoms with Crippen molar-refractivity contribution >= 4 is 23.3 Å².